The van der Waals surface area contributed by atoms with Crippen molar-refractivity contribution in [2.24, 2.45) is 0 Å². The van der Waals surface area contributed by atoms with E-state index in [0.717, 1.165) is 8.95 Å². The van der Waals surface area contributed by atoms with Crippen LogP contribution in [0, 0.1) is 0 Å². The fourth-order valence-electron chi connectivity index (χ4n) is 1.25. The van der Waals surface area contributed by atoms with Gasteiger partial charge >= 0.3 is 0 Å². The lowest BCUT2D eigenvalue weighted by Gasteiger charge is -2.03. The van der Waals surface area contributed by atoms with E-state index in [0.29, 0.717) is 11.1 Å². The minimum Gasteiger partial charge on any atom is -0.288 e. The topological polar surface area (TPSA) is 42.9 Å². The van der Waals surface area contributed by atoms with Crippen LogP contribution in [0.1, 0.15) is 15.9 Å². The molecule has 80 valence electrons. The monoisotopic (exact) mass is 340 g/mol. The molecule has 0 N–H and O–H groups in total. The Kier molecular flexibility index (Phi) is 3.46. The van der Waals surface area contributed by atoms with Crippen LogP contribution in [-0.4, -0.2) is 15.8 Å². The average molecular weight is 342 g/mol. The zero-order chi connectivity index (χ0) is 11.5. The molecule has 0 aliphatic heterocycles. The summed E-state index contributed by atoms with van der Waals surface area (Å²) in [5, 5.41) is 0. The van der Waals surface area contributed by atoms with E-state index in [-0.39, 0.29) is 5.78 Å². The van der Waals surface area contributed by atoms with Crippen molar-refractivity contribution in [1.29, 1.82) is 0 Å². The van der Waals surface area contributed by atoms with Crippen LogP contribution in [0.25, 0.3) is 0 Å². The Balaban J connectivity index is 2.42. The number of ketones is 1. The van der Waals surface area contributed by atoms with E-state index in [9.17, 15) is 4.79 Å². The third kappa shape index (κ3) is 2.36. The first-order valence-corrected chi connectivity index (χ1v) is 6.02. The van der Waals surface area contributed by atoms with Crippen molar-refractivity contribution >= 4 is 37.6 Å². The lowest BCUT2D eigenvalue weighted by atomic mass is 10.1. The largest absolute Gasteiger partial charge is 0.288 e. The van der Waals surface area contributed by atoms with Crippen molar-refractivity contribution < 1.29 is 4.79 Å². The van der Waals surface area contributed by atoms with Crippen molar-refractivity contribution in [2.75, 3.05) is 0 Å². The van der Waals surface area contributed by atoms with E-state index in [2.05, 4.69) is 41.8 Å². The molecule has 0 atom stereocenters. The van der Waals surface area contributed by atoms with E-state index >= 15 is 0 Å². The number of aromatic nitrogens is 2. The lowest BCUT2D eigenvalue weighted by Crippen LogP contribution is -2.03. The maximum absolute atomic E-state index is 12.1. The average Bonchev–Trinajstić information content (AvgIpc) is 2.29. The highest BCUT2D eigenvalue weighted by Gasteiger charge is 2.12. The summed E-state index contributed by atoms with van der Waals surface area (Å²) < 4.78 is 1.66. The molecule has 0 spiro atoms. The van der Waals surface area contributed by atoms with Gasteiger partial charge in [0.15, 0.2) is 5.78 Å². The van der Waals surface area contributed by atoms with Crippen LogP contribution in [0.3, 0.4) is 0 Å². The Morgan fingerprint density at radius 3 is 2.44 bits per heavy atom. The molecule has 5 heteroatoms. The van der Waals surface area contributed by atoms with Crippen LogP contribution in [0.15, 0.2) is 45.9 Å². The number of carbonyl (C=O) groups excluding carboxylic acids is 1. The second-order valence-corrected chi connectivity index (χ2v) is 4.85. The molecule has 0 radical (unpaired) electrons. The Morgan fingerprint density at radius 2 is 1.81 bits per heavy atom. The molecule has 0 saturated carbocycles. The van der Waals surface area contributed by atoms with Gasteiger partial charge in [0.2, 0.25) is 0 Å². The smallest absolute Gasteiger partial charge is 0.197 e. The third-order valence-electron chi connectivity index (χ3n) is 2.00. The molecule has 3 nitrogen and oxygen atoms in total. The summed E-state index contributed by atoms with van der Waals surface area (Å²) in [6.45, 7) is 0. The summed E-state index contributed by atoms with van der Waals surface area (Å²) in [5.74, 6) is -0.0972. The number of carbonyl (C=O) groups is 1. The standard InChI is InChI=1S/C11H6Br2N2O/c12-8-1-2-9(10(13)3-8)11(16)7-4-14-6-15-5-7/h1-6H. The summed E-state index contributed by atoms with van der Waals surface area (Å²) >= 11 is 6.69. The molecule has 0 bridgehead atoms. The number of rotatable bonds is 2. The fourth-order valence-corrected chi connectivity index (χ4v) is 2.47. The molecule has 0 fully saturated rings. The van der Waals surface area contributed by atoms with Crippen LogP contribution in [0.5, 0.6) is 0 Å². The lowest BCUT2D eigenvalue weighted by molar-refractivity contribution is 0.103. The highest BCUT2D eigenvalue weighted by Crippen LogP contribution is 2.23. The summed E-state index contributed by atoms with van der Waals surface area (Å²) in [6, 6.07) is 5.41. The Bertz CT molecular complexity index is 529. The highest BCUT2D eigenvalue weighted by molar-refractivity contribution is 9.11. The van der Waals surface area contributed by atoms with Crippen LogP contribution >= 0.6 is 31.9 Å². The van der Waals surface area contributed by atoms with E-state index in [1.807, 2.05) is 12.1 Å². The van der Waals surface area contributed by atoms with Crippen LogP contribution in [-0.2, 0) is 0 Å². The van der Waals surface area contributed by atoms with Crippen molar-refractivity contribution in [3.05, 3.63) is 57.0 Å². The van der Waals surface area contributed by atoms with Crippen molar-refractivity contribution in [2.45, 2.75) is 0 Å². The number of hydrogen-bond donors (Lipinski definition) is 0. The summed E-state index contributed by atoms with van der Waals surface area (Å²) in [4.78, 5) is 19.7. The van der Waals surface area contributed by atoms with E-state index in [1.54, 1.807) is 6.07 Å². The number of nitrogens with zero attached hydrogens (tertiary/aromatic N) is 2. The minimum atomic E-state index is -0.0972. The molecule has 0 saturated heterocycles. The second-order valence-electron chi connectivity index (χ2n) is 3.08. The Morgan fingerprint density at radius 1 is 1.12 bits per heavy atom. The first-order chi connectivity index (χ1) is 7.68. The molecule has 2 rings (SSSR count). The molecule has 1 aromatic carbocycles. The Hall–Kier alpha value is -1.07. The van der Waals surface area contributed by atoms with Gasteiger partial charge in [-0.2, -0.15) is 0 Å². The number of benzene rings is 1. The van der Waals surface area contributed by atoms with Gasteiger partial charge in [0.25, 0.3) is 0 Å². The van der Waals surface area contributed by atoms with Gasteiger partial charge < -0.3 is 0 Å². The zero-order valence-electron chi connectivity index (χ0n) is 8.02. The first-order valence-electron chi connectivity index (χ1n) is 4.43. The molecule has 0 unspecified atom stereocenters. The van der Waals surface area contributed by atoms with E-state index in [1.165, 1.54) is 18.7 Å². The zero-order valence-corrected chi connectivity index (χ0v) is 11.2. The van der Waals surface area contributed by atoms with Gasteiger partial charge in [0.05, 0.1) is 5.56 Å². The normalized spacial score (nSPS) is 10.1. The first kappa shape index (κ1) is 11.4. The number of hydrogen-bond acceptors (Lipinski definition) is 3. The maximum atomic E-state index is 12.1. The van der Waals surface area contributed by atoms with Gasteiger partial charge in [0.1, 0.15) is 6.33 Å². The number of halogens is 2. The van der Waals surface area contributed by atoms with Gasteiger partial charge in [-0.3, -0.25) is 4.79 Å². The summed E-state index contributed by atoms with van der Waals surface area (Å²) in [5.41, 5.74) is 1.07. The van der Waals surface area contributed by atoms with Crippen LogP contribution in [0.2, 0.25) is 0 Å². The van der Waals surface area contributed by atoms with Gasteiger partial charge in [-0.05, 0) is 34.1 Å². The summed E-state index contributed by atoms with van der Waals surface area (Å²) in [6.07, 6.45) is 4.40. The predicted octanol–water partition coefficient (Wildman–Crippen LogP) is 3.23. The Labute approximate surface area is 109 Å². The highest BCUT2D eigenvalue weighted by atomic mass is 79.9. The molecule has 0 aliphatic rings. The second kappa shape index (κ2) is 4.84. The third-order valence-corrected chi connectivity index (χ3v) is 3.15. The minimum absolute atomic E-state index is 0.0972. The van der Waals surface area contributed by atoms with Crippen molar-refractivity contribution in [3.63, 3.8) is 0 Å². The SMILES string of the molecule is O=C(c1cncnc1)c1ccc(Br)cc1Br. The molecular weight excluding hydrogens is 336 g/mol. The van der Waals surface area contributed by atoms with E-state index < -0.39 is 0 Å². The van der Waals surface area contributed by atoms with Crippen LogP contribution in [0.4, 0.5) is 0 Å². The molecule has 2 aromatic rings. The molecule has 1 heterocycles. The predicted molar refractivity (Wildman–Crippen MR) is 67.3 cm³/mol. The van der Waals surface area contributed by atoms with Gasteiger partial charge in [-0.15, -0.1) is 0 Å². The van der Waals surface area contributed by atoms with Crippen molar-refractivity contribution in [1.82, 2.24) is 9.97 Å². The summed E-state index contributed by atoms with van der Waals surface area (Å²) in [7, 11) is 0. The molecule has 0 amide bonds. The molecule has 0 aliphatic carbocycles. The fraction of sp³-hybridized carbons (Fsp3) is 0. The quantitative estimate of drug-likeness (QED) is 0.787. The van der Waals surface area contributed by atoms with Gasteiger partial charge in [-0.25, -0.2) is 9.97 Å². The molecule has 16 heavy (non-hydrogen) atoms. The van der Waals surface area contributed by atoms with Gasteiger partial charge in [-0.1, -0.05) is 15.9 Å². The maximum Gasteiger partial charge on any atom is 0.197 e. The van der Waals surface area contributed by atoms with E-state index in [4.69, 9.17) is 0 Å². The van der Waals surface area contributed by atoms with Crippen LogP contribution < -0.4 is 0 Å². The molecule has 1 aromatic heterocycles. The van der Waals surface area contributed by atoms with Crippen molar-refractivity contribution in [3.8, 4) is 0 Å². The molecular formula is C11H6Br2N2O. The van der Waals surface area contributed by atoms with Gasteiger partial charge in [0, 0.05) is 26.9 Å².